The van der Waals surface area contributed by atoms with Crippen molar-refractivity contribution in [3.63, 3.8) is 0 Å². The summed E-state index contributed by atoms with van der Waals surface area (Å²) in [5.41, 5.74) is 4.10. The Morgan fingerprint density at radius 1 is 1.04 bits per heavy atom. The van der Waals surface area contributed by atoms with Crippen LogP contribution in [0.4, 0.5) is 5.95 Å². The Bertz CT molecular complexity index is 795. The van der Waals surface area contributed by atoms with Crippen molar-refractivity contribution in [3.05, 3.63) is 54.0 Å². The number of hydrogen-bond donors (Lipinski definition) is 1. The van der Waals surface area contributed by atoms with Crippen molar-refractivity contribution < 1.29 is 4.52 Å². The smallest absolute Gasteiger partial charge is 0.243 e. The first kappa shape index (κ1) is 15.7. The summed E-state index contributed by atoms with van der Waals surface area (Å²) < 4.78 is 4.81. The molecule has 0 unspecified atom stereocenters. The van der Waals surface area contributed by atoms with E-state index in [1.165, 1.54) is 37.7 Å². The Balaban J connectivity index is 1.46. The summed E-state index contributed by atoms with van der Waals surface area (Å²) in [4.78, 5) is 4.54. The molecule has 0 amide bonds. The van der Waals surface area contributed by atoms with Gasteiger partial charge in [-0.2, -0.15) is 5.10 Å². The molecule has 2 aromatic heterocycles. The molecule has 0 bridgehead atoms. The van der Waals surface area contributed by atoms with Crippen molar-refractivity contribution in [2.75, 3.05) is 5.32 Å². The highest BCUT2D eigenvalue weighted by Crippen LogP contribution is 2.33. The highest BCUT2D eigenvalue weighted by molar-refractivity contribution is 5.59. The summed E-state index contributed by atoms with van der Waals surface area (Å²) in [7, 11) is 0. The molecule has 1 aliphatic carbocycles. The molecule has 6 heteroatoms. The lowest BCUT2D eigenvalue weighted by Gasteiger charge is -2.22. The Hall–Kier alpha value is -2.76. The minimum atomic E-state index is 0.483. The first-order valence-electron chi connectivity index (χ1n) is 8.82. The predicted octanol–water partition coefficient (Wildman–Crippen LogP) is 4.19. The van der Waals surface area contributed by atoms with E-state index in [9.17, 15) is 0 Å². The first-order chi connectivity index (χ1) is 12.4. The van der Waals surface area contributed by atoms with E-state index in [-0.39, 0.29) is 0 Å². The molecule has 3 aromatic rings. The summed E-state index contributed by atoms with van der Waals surface area (Å²) in [6.07, 6.45) is 9.93. The lowest BCUT2D eigenvalue weighted by Crippen LogP contribution is -2.06. The normalized spacial score (nSPS) is 15.2. The molecule has 1 saturated carbocycles. The van der Waals surface area contributed by atoms with Gasteiger partial charge in [-0.15, -0.1) is 5.10 Å². The van der Waals surface area contributed by atoms with E-state index in [4.69, 9.17) is 4.52 Å². The first-order valence-corrected chi connectivity index (χ1v) is 8.82. The predicted molar refractivity (Wildman–Crippen MR) is 94.9 cm³/mol. The molecule has 0 saturated heterocycles. The SMILES string of the molecule is c1cc(CNc2nncc(-c3ccc(C4CCCCC4)cc3)n2)no1. The summed E-state index contributed by atoms with van der Waals surface area (Å²) in [5, 5.41) is 15.0. The van der Waals surface area contributed by atoms with Crippen LogP contribution in [0, 0.1) is 0 Å². The average molecular weight is 335 g/mol. The van der Waals surface area contributed by atoms with E-state index in [2.05, 4.69) is 49.9 Å². The summed E-state index contributed by atoms with van der Waals surface area (Å²) in [6.45, 7) is 0.502. The Labute approximate surface area is 146 Å². The molecule has 1 aromatic carbocycles. The largest absolute Gasteiger partial charge is 0.364 e. The standard InChI is InChI=1S/C19H21N5O/c1-2-4-14(5-3-1)15-6-8-16(9-7-15)18-13-21-23-19(22-18)20-12-17-10-11-25-24-17/h6-11,13-14H,1-5,12H2,(H,20,22,23). The van der Waals surface area contributed by atoms with E-state index in [1.54, 1.807) is 18.5 Å². The molecule has 0 radical (unpaired) electrons. The van der Waals surface area contributed by atoms with Crippen LogP contribution in [0.5, 0.6) is 0 Å². The van der Waals surface area contributed by atoms with Gasteiger partial charge in [-0.05, 0) is 24.3 Å². The van der Waals surface area contributed by atoms with Gasteiger partial charge >= 0.3 is 0 Å². The topological polar surface area (TPSA) is 76.7 Å². The van der Waals surface area contributed by atoms with E-state index < -0.39 is 0 Å². The van der Waals surface area contributed by atoms with Gasteiger partial charge in [0.15, 0.2) is 0 Å². The lowest BCUT2D eigenvalue weighted by atomic mass is 9.84. The van der Waals surface area contributed by atoms with Gasteiger partial charge in [-0.25, -0.2) is 4.98 Å². The monoisotopic (exact) mass is 335 g/mol. The third-order valence-corrected chi connectivity index (χ3v) is 4.76. The van der Waals surface area contributed by atoms with Gasteiger partial charge < -0.3 is 9.84 Å². The van der Waals surface area contributed by atoms with Crippen LogP contribution in [0.15, 0.2) is 47.3 Å². The number of hydrogen-bond acceptors (Lipinski definition) is 6. The number of benzene rings is 1. The second-order valence-electron chi connectivity index (χ2n) is 6.47. The number of anilines is 1. The zero-order valence-corrected chi connectivity index (χ0v) is 14.1. The second-order valence-corrected chi connectivity index (χ2v) is 6.47. The van der Waals surface area contributed by atoms with Gasteiger partial charge in [-0.3, -0.25) is 0 Å². The quantitative estimate of drug-likeness (QED) is 0.753. The Morgan fingerprint density at radius 2 is 1.88 bits per heavy atom. The van der Waals surface area contributed by atoms with Crippen molar-refractivity contribution in [2.24, 2.45) is 0 Å². The maximum absolute atomic E-state index is 4.81. The zero-order chi connectivity index (χ0) is 16.9. The minimum Gasteiger partial charge on any atom is -0.364 e. The molecule has 0 atom stereocenters. The maximum Gasteiger partial charge on any atom is 0.243 e. The van der Waals surface area contributed by atoms with Crippen LogP contribution in [-0.4, -0.2) is 20.3 Å². The van der Waals surface area contributed by atoms with Crippen LogP contribution < -0.4 is 5.32 Å². The number of aromatic nitrogens is 4. The van der Waals surface area contributed by atoms with Crippen molar-refractivity contribution in [1.29, 1.82) is 0 Å². The van der Waals surface area contributed by atoms with E-state index in [0.717, 1.165) is 17.0 Å². The fourth-order valence-electron chi connectivity index (χ4n) is 3.38. The third-order valence-electron chi connectivity index (χ3n) is 4.76. The molecule has 1 N–H and O–H groups in total. The maximum atomic E-state index is 4.81. The second kappa shape index (κ2) is 7.42. The minimum absolute atomic E-state index is 0.483. The molecule has 4 rings (SSSR count). The molecular weight excluding hydrogens is 314 g/mol. The van der Waals surface area contributed by atoms with Crippen molar-refractivity contribution >= 4 is 5.95 Å². The molecule has 2 heterocycles. The van der Waals surface area contributed by atoms with Crippen LogP contribution in [0.25, 0.3) is 11.3 Å². The van der Waals surface area contributed by atoms with Gasteiger partial charge in [0.25, 0.3) is 0 Å². The van der Waals surface area contributed by atoms with E-state index in [1.807, 2.05) is 0 Å². The molecule has 0 spiro atoms. The Kier molecular flexibility index (Phi) is 4.68. The van der Waals surface area contributed by atoms with Gasteiger partial charge in [-0.1, -0.05) is 48.7 Å². The van der Waals surface area contributed by atoms with Crippen molar-refractivity contribution in [3.8, 4) is 11.3 Å². The van der Waals surface area contributed by atoms with Gasteiger partial charge in [0.2, 0.25) is 5.95 Å². The fourth-order valence-corrected chi connectivity index (χ4v) is 3.38. The molecule has 1 aliphatic rings. The molecule has 0 aliphatic heterocycles. The number of nitrogens with one attached hydrogen (secondary N) is 1. The molecule has 128 valence electrons. The fraction of sp³-hybridized carbons (Fsp3) is 0.368. The van der Waals surface area contributed by atoms with Gasteiger partial charge in [0, 0.05) is 11.6 Å². The van der Waals surface area contributed by atoms with E-state index in [0.29, 0.717) is 18.4 Å². The van der Waals surface area contributed by atoms with Crippen LogP contribution in [0.1, 0.15) is 49.3 Å². The van der Waals surface area contributed by atoms with Gasteiger partial charge in [0.1, 0.15) is 12.0 Å². The molecule has 1 fully saturated rings. The van der Waals surface area contributed by atoms with Crippen molar-refractivity contribution in [2.45, 2.75) is 44.6 Å². The molecule has 25 heavy (non-hydrogen) atoms. The summed E-state index contributed by atoms with van der Waals surface area (Å²) in [6, 6.07) is 10.5. The van der Waals surface area contributed by atoms with Crippen LogP contribution in [0.2, 0.25) is 0 Å². The summed E-state index contributed by atoms with van der Waals surface area (Å²) in [5.74, 6) is 1.20. The van der Waals surface area contributed by atoms with Crippen molar-refractivity contribution in [1.82, 2.24) is 20.3 Å². The average Bonchev–Trinajstić information content (AvgIpc) is 3.21. The third kappa shape index (κ3) is 3.84. The van der Waals surface area contributed by atoms with Crippen LogP contribution in [0.3, 0.4) is 0 Å². The van der Waals surface area contributed by atoms with Gasteiger partial charge in [0.05, 0.1) is 18.4 Å². The highest BCUT2D eigenvalue weighted by Gasteiger charge is 2.15. The molecule has 6 nitrogen and oxygen atoms in total. The number of rotatable bonds is 5. The van der Waals surface area contributed by atoms with Crippen LogP contribution in [-0.2, 0) is 6.54 Å². The Morgan fingerprint density at radius 3 is 2.64 bits per heavy atom. The highest BCUT2D eigenvalue weighted by atomic mass is 16.5. The lowest BCUT2D eigenvalue weighted by molar-refractivity contribution is 0.412. The van der Waals surface area contributed by atoms with Crippen LogP contribution >= 0.6 is 0 Å². The van der Waals surface area contributed by atoms with E-state index >= 15 is 0 Å². The summed E-state index contributed by atoms with van der Waals surface area (Å²) >= 11 is 0. The number of nitrogens with zero attached hydrogens (tertiary/aromatic N) is 4. The molecular formula is C19H21N5O. The zero-order valence-electron chi connectivity index (χ0n) is 14.1.